The molecule has 0 spiro atoms. The van der Waals surface area contributed by atoms with Gasteiger partial charge in [0.25, 0.3) is 0 Å². The van der Waals surface area contributed by atoms with E-state index in [1.54, 1.807) is 0 Å². The molecule has 0 atom stereocenters. The molecule has 1 heterocycles. The zero-order chi connectivity index (χ0) is 14.1. The minimum atomic E-state index is -0.617. The van der Waals surface area contributed by atoms with Crippen molar-refractivity contribution < 1.29 is 8.78 Å². The van der Waals surface area contributed by atoms with Crippen LogP contribution in [0.1, 0.15) is 24.6 Å². The van der Waals surface area contributed by atoms with Gasteiger partial charge in [0.2, 0.25) is 0 Å². The molecule has 0 unspecified atom stereocenters. The van der Waals surface area contributed by atoms with Gasteiger partial charge in [0.1, 0.15) is 17.5 Å². The molecule has 0 saturated carbocycles. The normalized spacial score (nSPS) is 13.3. The van der Waals surface area contributed by atoms with Crippen LogP contribution in [0.15, 0.2) is 18.2 Å². The van der Waals surface area contributed by atoms with Gasteiger partial charge >= 0.3 is 0 Å². The van der Waals surface area contributed by atoms with Crippen LogP contribution < -0.4 is 5.32 Å². The SMILES string of the molecule is CCNc1nc(-c2cc(F)cc(F)c2)nc2c1CCC2. The monoisotopic (exact) mass is 275 g/mol. The van der Waals surface area contributed by atoms with E-state index in [0.717, 1.165) is 48.9 Å². The maximum absolute atomic E-state index is 13.3. The summed E-state index contributed by atoms with van der Waals surface area (Å²) in [6, 6.07) is 3.37. The summed E-state index contributed by atoms with van der Waals surface area (Å²) in [4.78, 5) is 8.90. The van der Waals surface area contributed by atoms with Crippen LogP contribution in [0.3, 0.4) is 0 Å². The molecule has 0 amide bonds. The second-order valence-corrected chi connectivity index (χ2v) is 4.86. The van der Waals surface area contributed by atoms with Gasteiger partial charge in [-0.2, -0.15) is 0 Å². The smallest absolute Gasteiger partial charge is 0.161 e. The third-order valence-electron chi connectivity index (χ3n) is 3.40. The predicted octanol–water partition coefficient (Wildman–Crippen LogP) is 3.34. The number of fused-ring (bicyclic) bond motifs is 1. The summed E-state index contributed by atoms with van der Waals surface area (Å²) >= 11 is 0. The molecule has 104 valence electrons. The average molecular weight is 275 g/mol. The molecule has 0 aliphatic heterocycles. The summed E-state index contributed by atoms with van der Waals surface area (Å²) in [5.41, 5.74) is 2.49. The van der Waals surface area contributed by atoms with Crippen LogP contribution in [0, 0.1) is 11.6 Å². The number of aryl methyl sites for hydroxylation is 1. The Bertz CT molecular complexity index is 636. The van der Waals surface area contributed by atoms with Crippen LogP contribution in [0.4, 0.5) is 14.6 Å². The lowest BCUT2D eigenvalue weighted by Gasteiger charge is -2.11. The first-order valence-corrected chi connectivity index (χ1v) is 6.77. The van der Waals surface area contributed by atoms with Gasteiger partial charge in [0, 0.05) is 29.4 Å². The second-order valence-electron chi connectivity index (χ2n) is 4.86. The number of nitrogens with zero attached hydrogens (tertiary/aromatic N) is 2. The fourth-order valence-corrected chi connectivity index (χ4v) is 2.56. The molecule has 20 heavy (non-hydrogen) atoms. The molecule has 0 saturated heterocycles. The Labute approximate surface area is 116 Å². The Kier molecular flexibility index (Phi) is 3.34. The Morgan fingerprint density at radius 1 is 1.10 bits per heavy atom. The van der Waals surface area contributed by atoms with E-state index < -0.39 is 11.6 Å². The first-order valence-electron chi connectivity index (χ1n) is 6.77. The lowest BCUT2D eigenvalue weighted by atomic mass is 10.1. The summed E-state index contributed by atoms with van der Waals surface area (Å²) in [7, 11) is 0. The number of rotatable bonds is 3. The van der Waals surface area contributed by atoms with Crippen LogP contribution in [-0.4, -0.2) is 16.5 Å². The topological polar surface area (TPSA) is 37.8 Å². The Morgan fingerprint density at radius 3 is 2.55 bits per heavy atom. The number of halogens is 2. The van der Waals surface area contributed by atoms with Crippen LogP contribution in [0.2, 0.25) is 0 Å². The number of hydrogen-bond acceptors (Lipinski definition) is 3. The van der Waals surface area contributed by atoms with Gasteiger partial charge in [-0.1, -0.05) is 0 Å². The number of nitrogens with one attached hydrogen (secondary N) is 1. The van der Waals surface area contributed by atoms with E-state index in [4.69, 9.17) is 0 Å². The molecule has 3 nitrogen and oxygen atoms in total. The summed E-state index contributed by atoms with van der Waals surface area (Å²) in [5, 5.41) is 3.21. The minimum Gasteiger partial charge on any atom is -0.370 e. The number of benzene rings is 1. The van der Waals surface area contributed by atoms with Gasteiger partial charge in [0.15, 0.2) is 5.82 Å². The molecule has 1 aliphatic carbocycles. The molecule has 3 rings (SSSR count). The van der Waals surface area contributed by atoms with Gasteiger partial charge in [-0.25, -0.2) is 18.7 Å². The maximum Gasteiger partial charge on any atom is 0.161 e. The standard InChI is InChI=1S/C15H15F2N3/c1-2-18-15-12-4-3-5-13(12)19-14(20-15)9-6-10(16)8-11(17)7-9/h6-8H,2-5H2,1H3,(H,18,19,20). The first-order chi connectivity index (χ1) is 9.67. The van der Waals surface area contributed by atoms with E-state index in [-0.39, 0.29) is 0 Å². The molecular formula is C15H15F2N3. The van der Waals surface area contributed by atoms with Crippen molar-refractivity contribution in [2.75, 3.05) is 11.9 Å². The zero-order valence-electron chi connectivity index (χ0n) is 11.2. The molecule has 0 radical (unpaired) electrons. The molecule has 1 aromatic heterocycles. The molecular weight excluding hydrogens is 260 g/mol. The lowest BCUT2D eigenvalue weighted by molar-refractivity contribution is 0.584. The highest BCUT2D eigenvalue weighted by Gasteiger charge is 2.20. The average Bonchev–Trinajstić information content (AvgIpc) is 2.86. The van der Waals surface area contributed by atoms with E-state index in [1.807, 2.05) is 6.92 Å². The molecule has 1 aromatic carbocycles. The van der Waals surface area contributed by atoms with Gasteiger partial charge < -0.3 is 5.32 Å². The molecule has 1 aliphatic rings. The zero-order valence-corrected chi connectivity index (χ0v) is 11.2. The van der Waals surface area contributed by atoms with Crippen molar-refractivity contribution in [3.63, 3.8) is 0 Å². The maximum atomic E-state index is 13.3. The minimum absolute atomic E-state index is 0.372. The van der Waals surface area contributed by atoms with Crippen molar-refractivity contribution in [1.82, 2.24) is 9.97 Å². The van der Waals surface area contributed by atoms with Gasteiger partial charge in [-0.3, -0.25) is 0 Å². The molecule has 1 N–H and O–H groups in total. The second kappa shape index (κ2) is 5.15. The van der Waals surface area contributed by atoms with Crippen LogP contribution >= 0.6 is 0 Å². The van der Waals surface area contributed by atoms with Crippen molar-refractivity contribution >= 4 is 5.82 Å². The third kappa shape index (κ3) is 2.35. The summed E-state index contributed by atoms with van der Waals surface area (Å²) in [6.07, 6.45) is 2.89. The van der Waals surface area contributed by atoms with E-state index in [0.29, 0.717) is 11.4 Å². The van der Waals surface area contributed by atoms with Crippen molar-refractivity contribution in [2.45, 2.75) is 26.2 Å². The van der Waals surface area contributed by atoms with Crippen molar-refractivity contribution in [2.24, 2.45) is 0 Å². The lowest BCUT2D eigenvalue weighted by Crippen LogP contribution is -2.06. The van der Waals surface area contributed by atoms with E-state index >= 15 is 0 Å². The molecule has 0 bridgehead atoms. The van der Waals surface area contributed by atoms with Crippen molar-refractivity contribution in [3.8, 4) is 11.4 Å². The fraction of sp³-hybridized carbons (Fsp3) is 0.333. The molecule has 0 fully saturated rings. The van der Waals surface area contributed by atoms with Crippen LogP contribution in [0.5, 0.6) is 0 Å². The highest BCUT2D eigenvalue weighted by molar-refractivity contribution is 5.60. The molecule has 2 aromatic rings. The summed E-state index contributed by atoms with van der Waals surface area (Å²) in [6.45, 7) is 2.74. The Morgan fingerprint density at radius 2 is 1.85 bits per heavy atom. The summed E-state index contributed by atoms with van der Waals surface area (Å²) in [5.74, 6) is -0.0714. The molecule has 5 heteroatoms. The van der Waals surface area contributed by atoms with E-state index in [1.165, 1.54) is 12.1 Å². The highest BCUT2D eigenvalue weighted by Crippen LogP contribution is 2.29. The van der Waals surface area contributed by atoms with Gasteiger partial charge in [0.05, 0.1) is 0 Å². The first kappa shape index (κ1) is 13.0. The third-order valence-corrected chi connectivity index (χ3v) is 3.40. The van der Waals surface area contributed by atoms with Gasteiger partial charge in [-0.15, -0.1) is 0 Å². The van der Waals surface area contributed by atoms with Gasteiger partial charge in [-0.05, 0) is 38.3 Å². The van der Waals surface area contributed by atoms with E-state index in [9.17, 15) is 8.78 Å². The predicted molar refractivity (Wildman–Crippen MR) is 73.6 cm³/mol. The highest BCUT2D eigenvalue weighted by atomic mass is 19.1. The number of anilines is 1. The van der Waals surface area contributed by atoms with Crippen LogP contribution in [-0.2, 0) is 12.8 Å². The number of aromatic nitrogens is 2. The van der Waals surface area contributed by atoms with Crippen LogP contribution in [0.25, 0.3) is 11.4 Å². The summed E-state index contributed by atoms with van der Waals surface area (Å²) < 4.78 is 26.7. The van der Waals surface area contributed by atoms with Crippen molar-refractivity contribution in [1.29, 1.82) is 0 Å². The Balaban J connectivity index is 2.12. The van der Waals surface area contributed by atoms with Crippen molar-refractivity contribution in [3.05, 3.63) is 41.1 Å². The Hall–Kier alpha value is -2.04. The fourth-order valence-electron chi connectivity index (χ4n) is 2.56. The largest absolute Gasteiger partial charge is 0.370 e. The van der Waals surface area contributed by atoms with E-state index in [2.05, 4.69) is 15.3 Å². The number of hydrogen-bond donors (Lipinski definition) is 1. The quantitative estimate of drug-likeness (QED) is 0.933.